The Labute approximate surface area is 220 Å². The number of amides is 2. The van der Waals surface area contributed by atoms with Gasteiger partial charge in [0.15, 0.2) is 0 Å². The van der Waals surface area contributed by atoms with Crippen LogP contribution in [0.2, 0.25) is 0 Å². The van der Waals surface area contributed by atoms with Crippen LogP contribution < -0.4 is 4.74 Å². The van der Waals surface area contributed by atoms with E-state index < -0.39 is 22.7 Å². The molecule has 202 valence electrons. The lowest BCUT2D eigenvalue weighted by Gasteiger charge is -2.51. The van der Waals surface area contributed by atoms with Crippen LogP contribution in [-0.2, 0) is 21.2 Å². The van der Waals surface area contributed by atoms with Crippen LogP contribution in [0.4, 0.5) is 13.2 Å². The van der Waals surface area contributed by atoms with Crippen molar-refractivity contribution in [3.8, 4) is 5.75 Å². The van der Waals surface area contributed by atoms with Crippen LogP contribution in [-0.4, -0.2) is 52.9 Å². The van der Waals surface area contributed by atoms with Gasteiger partial charge in [-0.25, -0.2) is 0 Å². The van der Waals surface area contributed by atoms with Gasteiger partial charge < -0.3 is 14.5 Å². The number of hydrogen-bond donors (Lipinski definition) is 0. The van der Waals surface area contributed by atoms with E-state index in [9.17, 15) is 22.8 Å². The Morgan fingerprint density at radius 1 is 1.11 bits per heavy atom. The van der Waals surface area contributed by atoms with Crippen molar-refractivity contribution in [2.24, 2.45) is 0 Å². The van der Waals surface area contributed by atoms with Gasteiger partial charge in [0.25, 0.3) is 5.91 Å². The monoisotopic (exact) mass is 536 g/mol. The molecule has 2 atom stereocenters. The normalized spacial score (nSPS) is 24.1. The summed E-state index contributed by atoms with van der Waals surface area (Å²) in [6, 6.07) is 10.7. The largest absolute Gasteiger partial charge is 0.474 e. The number of rotatable bonds is 6. The third kappa shape index (κ3) is 5.52. The molecule has 0 N–H and O–H groups in total. The molecule has 0 aliphatic carbocycles. The molecule has 0 spiro atoms. The molecule has 2 aliphatic heterocycles. The van der Waals surface area contributed by atoms with Crippen LogP contribution in [0, 0.1) is 0 Å². The van der Waals surface area contributed by atoms with Gasteiger partial charge in [-0.05, 0) is 36.7 Å². The summed E-state index contributed by atoms with van der Waals surface area (Å²) in [5.41, 5.74) is -0.262. The maximum absolute atomic E-state index is 14.3. The summed E-state index contributed by atoms with van der Waals surface area (Å²) in [6.07, 6.45) is -0.831. The average Bonchev–Trinajstić information content (AvgIpc) is 3.35. The zero-order valence-corrected chi connectivity index (χ0v) is 22.5. The second-order valence-corrected chi connectivity index (χ2v) is 11.4. The predicted octanol–water partition coefficient (Wildman–Crippen LogP) is 6.28. The van der Waals surface area contributed by atoms with E-state index in [1.165, 1.54) is 17.9 Å². The molecule has 9 heteroatoms. The SMILES string of the molecule is CCC[C@H]1N(C(C)=O)CCC[C@@]1(Oc1csc(C(F)(F)F)c1)C(=O)N1CCC(C)(c2ccccc2)CC1. The van der Waals surface area contributed by atoms with E-state index in [-0.39, 0.29) is 23.0 Å². The zero-order valence-electron chi connectivity index (χ0n) is 21.6. The van der Waals surface area contributed by atoms with Crippen molar-refractivity contribution in [3.05, 3.63) is 52.2 Å². The Hall–Kier alpha value is -2.55. The second-order valence-electron chi connectivity index (χ2n) is 10.5. The minimum Gasteiger partial charge on any atom is -0.474 e. The fraction of sp³-hybridized carbons (Fsp3) is 0.571. The maximum atomic E-state index is 14.3. The van der Waals surface area contributed by atoms with Crippen molar-refractivity contribution in [3.63, 3.8) is 0 Å². The molecule has 37 heavy (non-hydrogen) atoms. The molecule has 0 saturated carbocycles. The van der Waals surface area contributed by atoms with Crippen molar-refractivity contribution in [2.45, 2.75) is 82.5 Å². The first-order valence-corrected chi connectivity index (χ1v) is 13.8. The number of nitrogens with zero attached hydrogens (tertiary/aromatic N) is 2. The van der Waals surface area contributed by atoms with Gasteiger partial charge in [0.2, 0.25) is 11.5 Å². The lowest BCUT2D eigenvalue weighted by atomic mass is 9.73. The summed E-state index contributed by atoms with van der Waals surface area (Å²) in [6.45, 7) is 7.19. The number of benzene rings is 1. The molecule has 2 saturated heterocycles. The van der Waals surface area contributed by atoms with Crippen molar-refractivity contribution in [1.82, 2.24) is 9.80 Å². The zero-order chi connectivity index (χ0) is 26.8. The second kappa shape index (κ2) is 10.7. The standard InChI is InChI=1S/C28H35F3N2O3S/c1-4-9-23-27(12-8-15-33(23)20(2)34,36-22-18-24(37-19-22)28(29,30)31)25(35)32-16-13-26(3,14-17-32)21-10-6-5-7-11-21/h5-7,10-11,18-19,23H,4,8-9,12-17H2,1-3H3/t23-,27+/m1/s1. The first-order chi connectivity index (χ1) is 17.5. The molecule has 2 amide bonds. The number of piperidine rings is 2. The maximum Gasteiger partial charge on any atom is 0.425 e. The molecule has 5 nitrogen and oxygen atoms in total. The molecule has 3 heterocycles. The van der Waals surface area contributed by atoms with Gasteiger partial charge in [0.05, 0.1) is 6.04 Å². The fourth-order valence-electron chi connectivity index (χ4n) is 5.87. The molecular formula is C28H35F3N2O3S. The number of alkyl halides is 3. The summed E-state index contributed by atoms with van der Waals surface area (Å²) >= 11 is 0.555. The van der Waals surface area contributed by atoms with Crippen LogP contribution in [0.3, 0.4) is 0 Å². The lowest BCUT2D eigenvalue weighted by molar-refractivity contribution is -0.166. The van der Waals surface area contributed by atoms with E-state index in [1.54, 1.807) is 9.80 Å². The van der Waals surface area contributed by atoms with Crippen LogP contribution in [0.5, 0.6) is 5.75 Å². The van der Waals surface area contributed by atoms with E-state index in [2.05, 4.69) is 19.1 Å². The van der Waals surface area contributed by atoms with Crippen LogP contribution in [0.15, 0.2) is 41.8 Å². The highest BCUT2D eigenvalue weighted by atomic mass is 32.1. The van der Waals surface area contributed by atoms with Crippen molar-refractivity contribution in [1.29, 1.82) is 0 Å². The topological polar surface area (TPSA) is 49.9 Å². The highest BCUT2D eigenvalue weighted by molar-refractivity contribution is 7.10. The summed E-state index contributed by atoms with van der Waals surface area (Å²) in [4.78, 5) is 29.6. The van der Waals surface area contributed by atoms with Crippen molar-refractivity contribution >= 4 is 23.2 Å². The van der Waals surface area contributed by atoms with E-state index in [1.807, 2.05) is 25.1 Å². The summed E-state index contributed by atoms with van der Waals surface area (Å²) in [5, 5.41) is 1.32. The van der Waals surface area contributed by atoms with E-state index >= 15 is 0 Å². The van der Waals surface area contributed by atoms with Crippen molar-refractivity contribution in [2.75, 3.05) is 19.6 Å². The molecule has 2 fully saturated rings. The van der Waals surface area contributed by atoms with E-state index in [0.29, 0.717) is 56.7 Å². The molecular weight excluding hydrogens is 501 g/mol. The molecule has 1 aromatic heterocycles. The van der Waals surface area contributed by atoms with Gasteiger partial charge in [0.1, 0.15) is 10.6 Å². The molecule has 1 aromatic carbocycles. The fourth-order valence-corrected chi connectivity index (χ4v) is 6.55. The predicted molar refractivity (Wildman–Crippen MR) is 138 cm³/mol. The van der Waals surface area contributed by atoms with E-state index in [0.717, 1.165) is 18.9 Å². The van der Waals surface area contributed by atoms with Gasteiger partial charge in [0, 0.05) is 44.4 Å². The quantitative estimate of drug-likeness (QED) is 0.437. The number of carbonyl (C=O) groups is 2. The Bertz CT molecular complexity index is 1100. The molecule has 0 unspecified atom stereocenters. The Kier molecular flexibility index (Phi) is 7.93. The number of hydrogen-bond acceptors (Lipinski definition) is 4. The lowest BCUT2D eigenvalue weighted by Crippen LogP contribution is -2.68. The van der Waals surface area contributed by atoms with Crippen LogP contribution in [0.1, 0.15) is 69.7 Å². The summed E-state index contributed by atoms with van der Waals surface area (Å²) in [5.74, 6) is -0.356. The van der Waals surface area contributed by atoms with Gasteiger partial charge in [-0.15, -0.1) is 11.3 Å². The number of ether oxygens (including phenoxy) is 1. The number of thiophene rings is 1. The molecule has 4 rings (SSSR count). The number of likely N-dealkylation sites (tertiary alicyclic amines) is 2. The Balaban J connectivity index is 1.66. The smallest absolute Gasteiger partial charge is 0.425 e. The molecule has 0 radical (unpaired) electrons. The van der Waals surface area contributed by atoms with Crippen LogP contribution in [0.25, 0.3) is 0 Å². The third-order valence-electron chi connectivity index (χ3n) is 7.97. The Morgan fingerprint density at radius 3 is 2.35 bits per heavy atom. The van der Waals surface area contributed by atoms with Crippen LogP contribution >= 0.6 is 11.3 Å². The number of carbonyl (C=O) groups excluding carboxylic acids is 2. The van der Waals surface area contributed by atoms with Gasteiger partial charge >= 0.3 is 6.18 Å². The number of halogens is 3. The average molecular weight is 537 g/mol. The molecule has 0 bridgehead atoms. The van der Waals surface area contributed by atoms with Crippen molar-refractivity contribution < 1.29 is 27.5 Å². The highest BCUT2D eigenvalue weighted by Crippen LogP contribution is 2.43. The molecule has 2 aliphatic rings. The van der Waals surface area contributed by atoms with Gasteiger partial charge in [-0.2, -0.15) is 13.2 Å². The third-order valence-corrected chi connectivity index (χ3v) is 8.92. The first-order valence-electron chi connectivity index (χ1n) is 13.0. The Morgan fingerprint density at radius 2 is 1.78 bits per heavy atom. The minimum absolute atomic E-state index is 0.0308. The van der Waals surface area contributed by atoms with Gasteiger partial charge in [-0.3, -0.25) is 9.59 Å². The summed E-state index contributed by atoms with van der Waals surface area (Å²) in [7, 11) is 0. The highest BCUT2D eigenvalue weighted by Gasteiger charge is 2.55. The van der Waals surface area contributed by atoms with Gasteiger partial charge in [-0.1, -0.05) is 50.6 Å². The first kappa shape index (κ1) is 27.5. The molecule has 2 aromatic rings. The minimum atomic E-state index is -4.49. The summed E-state index contributed by atoms with van der Waals surface area (Å²) < 4.78 is 46.3. The van der Waals surface area contributed by atoms with E-state index in [4.69, 9.17) is 4.74 Å².